The number of halogens is 1. The normalized spacial score (nSPS) is 11.2. The summed E-state index contributed by atoms with van der Waals surface area (Å²) in [4.78, 5) is 10.5. The molecular weight excluding hydrogens is 140 g/mol. The number of hydrogen-bond acceptors (Lipinski definition) is 2. The Morgan fingerprint density at radius 3 is 2.67 bits per heavy atom. The molecule has 0 aromatic carbocycles. The monoisotopic (exact) mass is 148 g/mol. The molecule has 0 rings (SSSR count). The number of carbonyl (C=O) groups excluding carboxylic acids is 1. The number of esters is 1. The maximum absolute atomic E-state index is 10.5. The Bertz CT molecular complexity index is 129. The molecule has 2 nitrogen and oxygen atoms in total. The molecule has 0 aromatic rings. The van der Waals surface area contributed by atoms with Crippen LogP contribution in [0.3, 0.4) is 0 Å². The molecule has 52 valence electrons. The van der Waals surface area contributed by atoms with Crippen LogP contribution in [0, 0.1) is 0 Å². The maximum atomic E-state index is 10.5. The lowest BCUT2D eigenvalue weighted by molar-refractivity contribution is -0.135. The standard InChI is InChI=1S/C6H9ClO2/c1-3-4-5(7)6(8)9-2/h4H,3H2,1-2H3/b5-4+. The summed E-state index contributed by atoms with van der Waals surface area (Å²) < 4.78 is 4.33. The van der Waals surface area contributed by atoms with Gasteiger partial charge >= 0.3 is 5.97 Å². The van der Waals surface area contributed by atoms with Gasteiger partial charge in [0.2, 0.25) is 0 Å². The smallest absolute Gasteiger partial charge is 0.349 e. The van der Waals surface area contributed by atoms with E-state index >= 15 is 0 Å². The van der Waals surface area contributed by atoms with E-state index in [1.807, 2.05) is 6.92 Å². The van der Waals surface area contributed by atoms with Crippen molar-refractivity contribution in [2.24, 2.45) is 0 Å². The van der Waals surface area contributed by atoms with Crippen molar-refractivity contribution in [2.75, 3.05) is 7.11 Å². The van der Waals surface area contributed by atoms with Crippen molar-refractivity contribution < 1.29 is 9.53 Å². The zero-order chi connectivity index (χ0) is 7.28. The zero-order valence-corrected chi connectivity index (χ0v) is 6.23. The highest BCUT2D eigenvalue weighted by Crippen LogP contribution is 2.03. The predicted molar refractivity (Wildman–Crippen MR) is 36.2 cm³/mol. The minimum Gasteiger partial charge on any atom is -0.465 e. The molecule has 0 bridgehead atoms. The van der Waals surface area contributed by atoms with Crippen LogP contribution in [0.2, 0.25) is 0 Å². The van der Waals surface area contributed by atoms with E-state index in [0.717, 1.165) is 6.42 Å². The molecule has 0 heterocycles. The molecule has 0 N–H and O–H groups in total. The van der Waals surface area contributed by atoms with E-state index in [-0.39, 0.29) is 5.03 Å². The summed E-state index contributed by atoms with van der Waals surface area (Å²) in [5.41, 5.74) is 0. The van der Waals surface area contributed by atoms with E-state index in [0.29, 0.717) is 0 Å². The third-order valence-corrected chi connectivity index (χ3v) is 1.07. The predicted octanol–water partition coefficient (Wildman–Crippen LogP) is 1.69. The van der Waals surface area contributed by atoms with Crippen LogP contribution in [0.5, 0.6) is 0 Å². The quantitative estimate of drug-likeness (QED) is 0.440. The minimum absolute atomic E-state index is 0.153. The Labute approximate surface area is 59.5 Å². The molecule has 0 aliphatic heterocycles. The molecule has 0 spiro atoms. The number of allylic oxidation sites excluding steroid dienone is 1. The van der Waals surface area contributed by atoms with Crippen molar-refractivity contribution in [3.63, 3.8) is 0 Å². The molecule has 0 saturated heterocycles. The Morgan fingerprint density at radius 1 is 1.78 bits per heavy atom. The first kappa shape index (κ1) is 8.50. The summed E-state index contributed by atoms with van der Waals surface area (Å²) >= 11 is 5.42. The fourth-order valence-electron chi connectivity index (χ4n) is 0.360. The molecule has 0 aliphatic rings. The van der Waals surface area contributed by atoms with Gasteiger partial charge in [0, 0.05) is 0 Å². The SMILES string of the molecule is CC/C=C(/Cl)C(=O)OC. The Balaban J connectivity index is 3.86. The average molecular weight is 149 g/mol. The summed E-state index contributed by atoms with van der Waals surface area (Å²) in [7, 11) is 1.30. The van der Waals surface area contributed by atoms with Crippen LogP contribution in [0.25, 0.3) is 0 Å². The van der Waals surface area contributed by atoms with E-state index in [1.165, 1.54) is 7.11 Å². The van der Waals surface area contributed by atoms with Gasteiger partial charge in [-0.25, -0.2) is 4.79 Å². The largest absolute Gasteiger partial charge is 0.465 e. The van der Waals surface area contributed by atoms with Gasteiger partial charge in [-0.2, -0.15) is 0 Å². The maximum Gasteiger partial charge on any atom is 0.349 e. The zero-order valence-electron chi connectivity index (χ0n) is 5.48. The third kappa shape index (κ3) is 3.14. The summed E-state index contributed by atoms with van der Waals surface area (Å²) in [5, 5.41) is 0.153. The lowest BCUT2D eigenvalue weighted by Crippen LogP contribution is -1.98. The van der Waals surface area contributed by atoms with E-state index in [9.17, 15) is 4.79 Å². The number of hydrogen-bond donors (Lipinski definition) is 0. The van der Waals surface area contributed by atoms with Gasteiger partial charge in [-0.05, 0) is 6.42 Å². The van der Waals surface area contributed by atoms with Gasteiger partial charge in [-0.1, -0.05) is 24.6 Å². The highest BCUT2D eigenvalue weighted by molar-refractivity contribution is 6.41. The minimum atomic E-state index is -0.474. The third-order valence-electron chi connectivity index (χ3n) is 0.764. The average Bonchev–Trinajstić information content (AvgIpc) is 1.87. The first-order chi connectivity index (χ1) is 4.22. The molecule has 9 heavy (non-hydrogen) atoms. The van der Waals surface area contributed by atoms with E-state index in [2.05, 4.69) is 4.74 Å². The van der Waals surface area contributed by atoms with Crippen LogP contribution in [-0.2, 0) is 9.53 Å². The van der Waals surface area contributed by atoms with Crippen molar-refractivity contribution in [1.82, 2.24) is 0 Å². The first-order valence-corrected chi connectivity index (χ1v) is 3.04. The van der Waals surface area contributed by atoms with Crippen molar-refractivity contribution in [3.8, 4) is 0 Å². The molecule has 0 aliphatic carbocycles. The second kappa shape index (κ2) is 4.39. The van der Waals surface area contributed by atoms with Gasteiger partial charge in [-0.15, -0.1) is 0 Å². The summed E-state index contributed by atoms with van der Waals surface area (Å²) in [6, 6.07) is 0. The highest BCUT2D eigenvalue weighted by Gasteiger charge is 2.02. The molecule has 0 fully saturated rings. The summed E-state index contributed by atoms with van der Waals surface area (Å²) in [6.45, 7) is 1.89. The Morgan fingerprint density at radius 2 is 2.33 bits per heavy atom. The van der Waals surface area contributed by atoms with Crippen molar-refractivity contribution in [3.05, 3.63) is 11.1 Å². The lowest BCUT2D eigenvalue weighted by Gasteiger charge is -1.93. The first-order valence-electron chi connectivity index (χ1n) is 2.66. The molecule has 0 saturated carbocycles. The van der Waals surface area contributed by atoms with Crippen molar-refractivity contribution >= 4 is 17.6 Å². The van der Waals surface area contributed by atoms with E-state index in [4.69, 9.17) is 11.6 Å². The molecule has 0 atom stereocenters. The second-order valence-electron chi connectivity index (χ2n) is 1.45. The van der Waals surface area contributed by atoms with Crippen LogP contribution >= 0.6 is 11.6 Å². The van der Waals surface area contributed by atoms with Gasteiger partial charge in [0.25, 0.3) is 0 Å². The van der Waals surface area contributed by atoms with Crippen LogP contribution in [-0.4, -0.2) is 13.1 Å². The van der Waals surface area contributed by atoms with Crippen LogP contribution < -0.4 is 0 Å². The van der Waals surface area contributed by atoms with Crippen molar-refractivity contribution in [1.29, 1.82) is 0 Å². The van der Waals surface area contributed by atoms with E-state index < -0.39 is 5.97 Å². The fraction of sp³-hybridized carbons (Fsp3) is 0.500. The number of methoxy groups -OCH3 is 1. The summed E-state index contributed by atoms with van der Waals surface area (Å²) in [6.07, 6.45) is 2.35. The molecule has 0 unspecified atom stereocenters. The molecule has 0 radical (unpaired) electrons. The topological polar surface area (TPSA) is 26.3 Å². The molecule has 0 amide bonds. The van der Waals surface area contributed by atoms with Crippen LogP contribution in [0.15, 0.2) is 11.1 Å². The van der Waals surface area contributed by atoms with Gasteiger partial charge in [0.05, 0.1) is 7.11 Å². The van der Waals surface area contributed by atoms with Gasteiger partial charge in [-0.3, -0.25) is 0 Å². The lowest BCUT2D eigenvalue weighted by atomic mass is 10.4. The van der Waals surface area contributed by atoms with Gasteiger partial charge in [0.1, 0.15) is 5.03 Å². The molecule has 3 heteroatoms. The number of rotatable bonds is 2. The van der Waals surface area contributed by atoms with Gasteiger partial charge in [0.15, 0.2) is 0 Å². The molecular formula is C6H9ClO2. The van der Waals surface area contributed by atoms with Crippen molar-refractivity contribution in [2.45, 2.75) is 13.3 Å². The Hall–Kier alpha value is -0.500. The number of ether oxygens (including phenoxy) is 1. The van der Waals surface area contributed by atoms with Gasteiger partial charge < -0.3 is 4.74 Å². The van der Waals surface area contributed by atoms with E-state index in [1.54, 1.807) is 6.08 Å². The van der Waals surface area contributed by atoms with Crippen LogP contribution in [0.4, 0.5) is 0 Å². The Kier molecular flexibility index (Phi) is 4.14. The fourth-order valence-corrected chi connectivity index (χ4v) is 0.592. The molecule has 0 aromatic heterocycles. The van der Waals surface area contributed by atoms with Crippen LogP contribution in [0.1, 0.15) is 13.3 Å². The highest BCUT2D eigenvalue weighted by atomic mass is 35.5. The summed E-state index contributed by atoms with van der Waals surface area (Å²) in [5.74, 6) is -0.474. The second-order valence-corrected chi connectivity index (χ2v) is 1.86. The number of carbonyl (C=O) groups is 1.